The van der Waals surface area contributed by atoms with Crippen LogP contribution in [0.15, 0.2) is 48.5 Å². The highest BCUT2D eigenvalue weighted by molar-refractivity contribution is 5.96. The van der Waals surface area contributed by atoms with E-state index in [2.05, 4.69) is 16.0 Å². The van der Waals surface area contributed by atoms with E-state index < -0.39 is 5.97 Å². The Morgan fingerprint density at radius 2 is 1.87 bits per heavy atom. The van der Waals surface area contributed by atoms with Crippen molar-refractivity contribution in [2.75, 3.05) is 0 Å². The quantitative estimate of drug-likeness (QED) is 0.428. The predicted molar refractivity (Wildman–Crippen MR) is 114 cm³/mol. The number of benzene rings is 2. The van der Waals surface area contributed by atoms with Gasteiger partial charge in [-0.3, -0.25) is 4.79 Å². The first-order valence-corrected chi connectivity index (χ1v) is 9.85. The van der Waals surface area contributed by atoms with E-state index in [1.165, 1.54) is 0 Å². The minimum Gasteiger partial charge on any atom is -0.478 e. The molecule has 30 heavy (non-hydrogen) atoms. The van der Waals surface area contributed by atoms with Gasteiger partial charge in [0.15, 0.2) is 0 Å². The number of ketones is 1. The highest BCUT2D eigenvalue weighted by Gasteiger charge is 2.16. The number of Topliss-reactive ketones (excluding diaryl/α,β-unsaturated/α-hetero) is 1. The fourth-order valence-electron chi connectivity index (χ4n) is 3.22. The first-order chi connectivity index (χ1) is 14.5. The summed E-state index contributed by atoms with van der Waals surface area (Å²) in [5, 5.41) is 13.8. The Morgan fingerprint density at radius 3 is 2.53 bits per heavy atom. The molecule has 0 bridgehead atoms. The van der Waals surface area contributed by atoms with Crippen LogP contribution in [0.2, 0.25) is 0 Å². The molecule has 3 aromatic rings. The zero-order valence-electron chi connectivity index (χ0n) is 16.8. The highest BCUT2D eigenvalue weighted by atomic mass is 16.4. The van der Waals surface area contributed by atoms with Crippen molar-refractivity contribution in [3.05, 3.63) is 71.3 Å². The van der Waals surface area contributed by atoms with E-state index in [0.717, 1.165) is 17.5 Å². The Kier molecular flexibility index (Phi) is 6.76. The van der Waals surface area contributed by atoms with Gasteiger partial charge < -0.3 is 5.11 Å². The van der Waals surface area contributed by atoms with Gasteiger partial charge >= 0.3 is 5.97 Å². The lowest BCUT2D eigenvalue weighted by Crippen LogP contribution is -2.07. The molecule has 0 saturated heterocycles. The van der Waals surface area contributed by atoms with Gasteiger partial charge in [0.2, 0.25) is 11.6 Å². The van der Waals surface area contributed by atoms with Gasteiger partial charge in [-0.15, -0.1) is 17.4 Å². The van der Waals surface area contributed by atoms with Gasteiger partial charge in [-0.25, -0.2) is 14.5 Å². The summed E-state index contributed by atoms with van der Waals surface area (Å²) in [6.07, 6.45) is 7.53. The molecular weight excluding hydrogens is 378 g/mol. The maximum Gasteiger partial charge on any atom is 0.336 e. The number of carboxylic acid groups (broad SMARTS) is 1. The molecule has 0 fully saturated rings. The number of aromatic nitrogens is 3. The van der Waals surface area contributed by atoms with Crippen LogP contribution in [0.25, 0.3) is 11.1 Å². The topological polar surface area (TPSA) is 85.1 Å². The lowest BCUT2D eigenvalue weighted by molar-refractivity contribution is 0.0697. The van der Waals surface area contributed by atoms with Crippen LogP contribution in [0, 0.1) is 12.3 Å². The molecule has 2 aromatic carbocycles. The summed E-state index contributed by atoms with van der Waals surface area (Å²) >= 11 is 0. The molecule has 152 valence electrons. The molecule has 1 N–H and O–H groups in total. The van der Waals surface area contributed by atoms with Gasteiger partial charge in [-0.05, 0) is 29.2 Å². The zero-order valence-corrected chi connectivity index (χ0v) is 16.8. The maximum absolute atomic E-state index is 12.2. The second-order valence-corrected chi connectivity index (χ2v) is 6.93. The van der Waals surface area contributed by atoms with E-state index in [0.29, 0.717) is 37.2 Å². The van der Waals surface area contributed by atoms with Crippen LogP contribution in [0.4, 0.5) is 0 Å². The summed E-state index contributed by atoms with van der Waals surface area (Å²) in [7, 11) is 0. The summed E-state index contributed by atoms with van der Waals surface area (Å²) < 4.78 is 1.70. The van der Waals surface area contributed by atoms with E-state index in [9.17, 15) is 14.7 Å². The van der Waals surface area contributed by atoms with Crippen LogP contribution in [0.5, 0.6) is 0 Å². The van der Waals surface area contributed by atoms with Gasteiger partial charge in [-0.1, -0.05) is 49.4 Å². The Hall–Kier alpha value is -3.72. The number of nitrogens with zero attached hydrogens (tertiary/aromatic N) is 3. The van der Waals surface area contributed by atoms with E-state index in [4.69, 9.17) is 6.42 Å². The van der Waals surface area contributed by atoms with Gasteiger partial charge in [0.05, 0.1) is 12.1 Å². The van der Waals surface area contributed by atoms with Crippen LogP contribution in [-0.2, 0) is 13.0 Å². The van der Waals surface area contributed by atoms with Crippen molar-refractivity contribution in [3.8, 4) is 23.5 Å². The number of rotatable bonds is 9. The predicted octanol–water partition coefficient (Wildman–Crippen LogP) is 4.24. The fraction of sp³-hybridized carbons (Fsp3) is 0.250. The monoisotopic (exact) mass is 401 g/mol. The van der Waals surface area contributed by atoms with E-state index in [-0.39, 0.29) is 17.2 Å². The van der Waals surface area contributed by atoms with Gasteiger partial charge in [0.25, 0.3) is 0 Å². The van der Waals surface area contributed by atoms with Crippen molar-refractivity contribution in [2.45, 2.75) is 39.2 Å². The molecule has 1 heterocycles. The molecule has 0 radical (unpaired) electrons. The molecule has 0 atom stereocenters. The first kappa shape index (κ1) is 21.0. The Bertz CT molecular complexity index is 1090. The molecule has 3 rings (SSSR count). The largest absolute Gasteiger partial charge is 0.478 e. The molecule has 0 unspecified atom stereocenters. The second kappa shape index (κ2) is 9.66. The molecule has 0 saturated carbocycles. The third-order valence-corrected chi connectivity index (χ3v) is 4.73. The number of carbonyl (C=O) groups is 2. The Balaban J connectivity index is 1.85. The van der Waals surface area contributed by atoms with Crippen molar-refractivity contribution in [2.24, 2.45) is 0 Å². The van der Waals surface area contributed by atoms with Crippen molar-refractivity contribution >= 4 is 11.8 Å². The number of terminal acetylenes is 1. The lowest BCUT2D eigenvalue weighted by Gasteiger charge is -2.08. The third kappa shape index (κ3) is 4.81. The Labute approximate surface area is 175 Å². The lowest BCUT2D eigenvalue weighted by atomic mass is 9.98. The highest BCUT2D eigenvalue weighted by Crippen LogP contribution is 2.24. The maximum atomic E-state index is 12.2. The van der Waals surface area contributed by atoms with Crippen molar-refractivity contribution in [3.63, 3.8) is 0 Å². The minimum atomic E-state index is -0.958. The van der Waals surface area contributed by atoms with Crippen LogP contribution in [-0.4, -0.2) is 31.6 Å². The van der Waals surface area contributed by atoms with Crippen molar-refractivity contribution in [1.29, 1.82) is 0 Å². The van der Waals surface area contributed by atoms with E-state index in [1.807, 2.05) is 37.3 Å². The van der Waals surface area contributed by atoms with Gasteiger partial charge in [0.1, 0.15) is 5.82 Å². The summed E-state index contributed by atoms with van der Waals surface area (Å²) in [5.41, 5.74) is 2.74. The molecule has 0 aliphatic rings. The normalized spacial score (nSPS) is 10.5. The van der Waals surface area contributed by atoms with Gasteiger partial charge in [-0.2, -0.15) is 0 Å². The second-order valence-electron chi connectivity index (χ2n) is 6.93. The van der Waals surface area contributed by atoms with Crippen LogP contribution < -0.4 is 0 Å². The summed E-state index contributed by atoms with van der Waals surface area (Å²) in [4.78, 5) is 28.1. The number of hydrogen-bond donors (Lipinski definition) is 1. The smallest absolute Gasteiger partial charge is 0.336 e. The number of hydrogen-bond acceptors (Lipinski definition) is 4. The van der Waals surface area contributed by atoms with Crippen LogP contribution in [0.1, 0.15) is 58.6 Å². The summed E-state index contributed by atoms with van der Waals surface area (Å²) in [5.74, 6) is 2.48. The van der Waals surface area contributed by atoms with E-state index >= 15 is 0 Å². The number of carboxylic acids is 1. The van der Waals surface area contributed by atoms with Crippen molar-refractivity contribution < 1.29 is 14.7 Å². The van der Waals surface area contributed by atoms with Crippen LogP contribution in [0.3, 0.4) is 0 Å². The summed E-state index contributed by atoms with van der Waals surface area (Å²) in [6, 6.07) is 14.6. The van der Waals surface area contributed by atoms with Crippen LogP contribution >= 0.6 is 0 Å². The van der Waals surface area contributed by atoms with Crippen molar-refractivity contribution in [1.82, 2.24) is 14.8 Å². The molecule has 6 heteroatoms. The van der Waals surface area contributed by atoms with Gasteiger partial charge in [0, 0.05) is 19.3 Å². The Morgan fingerprint density at radius 1 is 1.13 bits per heavy atom. The number of aromatic carboxylic acids is 1. The molecule has 0 aliphatic carbocycles. The molecule has 1 aromatic heterocycles. The number of aryl methyl sites for hydroxylation is 1. The minimum absolute atomic E-state index is 0.0705. The average Bonchev–Trinajstić information content (AvgIpc) is 3.15. The SMILES string of the molecule is C#CCCn1nc(C(=O)CCC)nc1Cc1ccc(-c2ccccc2C(=O)O)cc1. The molecule has 0 aliphatic heterocycles. The molecular formula is C24H23N3O3. The first-order valence-electron chi connectivity index (χ1n) is 9.85. The summed E-state index contributed by atoms with van der Waals surface area (Å²) in [6.45, 7) is 2.44. The molecule has 6 nitrogen and oxygen atoms in total. The zero-order chi connectivity index (χ0) is 21.5. The average molecular weight is 401 g/mol. The van der Waals surface area contributed by atoms with E-state index in [1.54, 1.807) is 22.9 Å². The fourth-order valence-corrected chi connectivity index (χ4v) is 3.22. The third-order valence-electron chi connectivity index (χ3n) is 4.73. The number of carbonyl (C=O) groups excluding carboxylic acids is 1. The standard InChI is InChI=1S/C24H23N3O3/c1-3-5-15-27-22(25-23(26-27)21(28)8-4-2)16-17-11-13-18(14-12-17)19-9-6-7-10-20(19)24(29)30/h1,6-7,9-14H,4-5,8,15-16H2,2H3,(H,29,30). The molecule has 0 spiro atoms. The molecule has 0 amide bonds.